The molecule has 3 aromatic rings. The first-order valence-electron chi connectivity index (χ1n) is 12.7. The zero-order valence-electron chi connectivity index (χ0n) is 20.8. The summed E-state index contributed by atoms with van der Waals surface area (Å²) in [4.78, 5) is 36.1. The van der Waals surface area contributed by atoms with Crippen molar-refractivity contribution in [1.82, 2.24) is 4.90 Å². The molecule has 2 aliphatic heterocycles. The highest BCUT2D eigenvalue weighted by atomic mass is 16.4. The molecule has 2 heterocycles. The Kier molecular flexibility index (Phi) is 8.69. The van der Waals surface area contributed by atoms with Crippen molar-refractivity contribution >= 4 is 29.2 Å². The lowest BCUT2D eigenvalue weighted by Crippen LogP contribution is -2.31. The van der Waals surface area contributed by atoms with E-state index in [-0.39, 0.29) is 5.91 Å². The molecule has 1 amide bonds. The summed E-state index contributed by atoms with van der Waals surface area (Å²) in [6.07, 6.45) is 5.67. The minimum atomic E-state index is -1.82. The van der Waals surface area contributed by atoms with Gasteiger partial charge in [-0.3, -0.25) is 14.6 Å². The van der Waals surface area contributed by atoms with Crippen LogP contribution in [-0.4, -0.2) is 46.0 Å². The quantitative estimate of drug-likeness (QED) is 0.385. The molecule has 5 rings (SSSR count). The number of aryl methyl sites for hydroxylation is 2. The molecule has 0 aromatic heterocycles. The first kappa shape index (κ1) is 26.1. The Morgan fingerprint density at radius 3 is 1.73 bits per heavy atom. The summed E-state index contributed by atoms with van der Waals surface area (Å²) in [5.41, 5.74) is 7.60. The number of fused-ring (bicyclic) bond motifs is 3. The summed E-state index contributed by atoms with van der Waals surface area (Å²) >= 11 is 0. The van der Waals surface area contributed by atoms with E-state index in [1.54, 1.807) is 0 Å². The van der Waals surface area contributed by atoms with Crippen LogP contribution in [0.1, 0.15) is 41.5 Å². The highest BCUT2D eigenvalue weighted by Gasteiger charge is 2.25. The lowest BCUT2D eigenvalue weighted by Gasteiger charge is -2.29. The molecule has 0 saturated carbocycles. The Morgan fingerprint density at radius 2 is 1.16 bits per heavy atom. The number of carbonyl (C=O) groups excluding carboxylic acids is 1. The van der Waals surface area contributed by atoms with Gasteiger partial charge in [0.2, 0.25) is 5.91 Å². The number of carboxylic acids is 2. The highest BCUT2D eigenvalue weighted by Crippen LogP contribution is 2.36. The van der Waals surface area contributed by atoms with Crippen LogP contribution in [-0.2, 0) is 40.2 Å². The predicted octanol–water partition coefficient (Wildman–Crippen LogP) is 4.83. The number of nitrogens with zero attached hydrogens (tertiary/aromatic N) is 2. The third-order valence-corrected chi connectivity index (χ3v) is 6.89. The average molecular weight is 501 g/mol. The van der Waals surface area contributed by atoms with Crippen molar-refractivity contribution in [3.63, 3.8) is 0 Å². The van der Waals surface area contributed by atoms with Gasteiger partial charge in [0.1, 0.15) is 0 Å². The molecular formula is C30H32N2O5. The molecule has 0 bridgehead atoms. The zero-order chi connectivity index (χ0) is 26.2. The second-order valence-electron chi connectivity index (χ2n) is 9.35. The molecule has 0 fully saturated rings. The van der Waals surface area contributed by atoms with Crippen LogP contribution in [0.4, 0.5) is 11.4 Å². The van der Waals surface area contributed by atoms with Gasteiger partial charge in [0.05, 0.1) is 11.4 Å². The molecule has 2 N–H and O–H groups in total. The Labute approximate surface area is 217 Å². The Morgan fingerprint density at radius 1 is 0.649 bits per heavy atom. The van der Waals surface area contributed by atoms with E-state index in [2.05, 4.69) is 65.6 Å². The van der Waals surface area contributed by atoms with Crippen LogP contribution >= 0.6 is 0 Å². The van der Waals surface area contributed by atoms with Gasteiger partial charge in [-0.1, -0.05) is 60.7 Å². The lowest BCUT2D eigenvalue weighted by atomic mass is 10.00. The molecule has 37 heavy (non-hydrogen) atoms. The van der Waals surface area contributed by atoms with Crippen LogP contribution in [0.5, 0.6) is 0 Å². The normalized spacial score (nSPS) is 14.2. The smallest absolute Gasteiger partial charge is 0.414 e. The fraction of sp³-hybridized carbons (Fsp3) is 0.300. The van der Waals surface area contributed by atoms with Gasteiger partial charge < -0.3 is 10.2 Å². The molecule has 7 heteroatoms. The molecule has 192 valence electrons. The molecule has 0 saturated heterocycles. The van der Waals surface area contributed by atoms with Gasteiger partial charge in [-0.2, -0.15) is 0 Å². The summed E-state index contributed by atoms with van der Waals surface area (Å²) in [6, 6.07) is 25.5. The number of carbonyl (C=O) groups is 3. The van der Waals surface area contributed by atoms with Crippen LogP contribution in [0.25, 0.3) is 0 Å². The van der Waals surface area contributed by atoms with Gasteiger partial charge in [-0.25, -0.2) is 9.59 Å². The average Bonchev–Trinajstić information content (AvgIpc) is 3.08. The highest BCUT2D eigenvalue weighted by molar-refractivity contribution is 6.27. The third kappa shape index (κ3) is 6.62. The fourth-order valence-corrected chi connectivity index (χ4v) is 5.02. The molecular weight excluding hydrogens is 468 g/mol. The van der Waals surface area contributed by atoms with E-state index in [9.17, 15) is 4.79 Å². The number of amides is 1. The zero-order valence-corrected chi connectivity index (χ0v) is 20.8. The van der Waals surface area contributed by atoms with E-state index in [0.717, 1.165) is 63.1 Å². The van der Waals surface area contributed by atoms with E-state index in [1.165, 1.54) is 22.3 Å². The third-order valence-electron chi connectivity index (χ3n) is 6.89. The predicted molar refractivity (Wildman–Crippen MR) is 142 cm³/mol. The number of hydrogen-bond donors (Lipinski definition) is 2. The number of unbranched alkanes of at least 4 members (excludes halogenated alkanes) is 1. The van der Waals surface area contributed by atoms with Gasteiger partial charge in [0.25, 0.3) is 0 Å². The van der Waals surface area contributed by atoms with Crippen LogP contribution in [0, 0.1) is 0 Å². The Bertz CT molecular complexity index is 1210. The summed E-state index contributed by atoms with van der Waals surface area (Å²) in [5, 5.41) is 14.8. The van der Waals surface area contributed by atoms with Crippen molar-refractivity contribution in [3.8, 4) is 0 Å². The van der Waals surface area contributed by atoms with Crippen molar-refractivity contribution in [2.75, 3.05) is 18.0 Å². The number of benzene rings is 3. The van der Waals surface area contributed by atoms with Gasteiger partial charge in [0, 0.05) is 19.5 Å². The molecule has 0 aliphatic carbocycles. The molecule has 0 radical (unpaired) electrons. The lowest BCUT2D eigenvalue weighted by molar-refractivity contribution is -0.159. The maximum atomic E-state index is 13.4. The van der Waals surface area contributed by atoms with E-state index in [1.807, 2.05) is 17.0 Å². The van der Waals surface area contributed by atoms with Crippen molar-refractivity contribution in [1.29, 1.82) is 0 Å². The van der Waals surface area contributed by atoms with Crippen LogP contribution in [0.15, 0.2) is 72.8 Å². The summed E-state index contributed by atoms with van der Waals surface area (Å²) in [6.45, 7) is 3.23. The number of aliphatic carboxylic acids is 2. The van der Waals surface area contributed by atoms with Gasteiger partial charge in [0.15, 0.2) is 0 Å². The van der Waals surface area contributed by atoms with Gasteiger partial charge in [-0.05, 0) is 73.0 Å². The maximum Gasteiger partial charge on any atom is 0.414 e. The molecule has 7 nitrogen and oxygen atoms in total. The molecule has 2 aliphatic rings. The monoisotopic (exact) mass is 500 g/mol. The number of hydrogen-bond acceptors (Lipinski definition) is 4. The molecule has 0 unspecified atom stereocenters. The van der Waals surface area contributed by atoms with E-state index in [4.69, 9.17) is 19.8 Å². The summed E-state index contributed by atoms with van der Waals surface area (Å²) < 4.78 is 0. The number of carboxylic acid groups (broad SMARTS) is 2. The van der Waals surface area contributed by atoms with Crippen molar-refractivity contribution in [2.24, 2.45) is 0 Å². The van der Waals surface area contributed by atoms with Gasteiger partial charge in [-0.15, -0.1) is 0 Å². The number of para-hydroxylation sites is 2. The molecule has 0 atom stereocenters. The van der Waals surface area contributed by atoms with Crippen LogP contribution < -0.4 is 4.90 Å². The first-order chi connectivity index (χ1) is 17.9. The van der Waals surface area contributed by atoms with Gasteiger partial charge >= 0.3 is 11.9 Å². The summed E-state index contributed by atoms with van der Waals surface area (Å²) in [7, 11) is 0. The second kappa shape index (κ2) is 12.3. The Hall–Kier alpha value is -3.97. The minimum Gasteiger partial charge on any atom is -0.473 e. The Balaban J connectivity index is 0.000000480. The standard InChI is InChI=1S/C28H30N2O.C2H2O4/c31-28(15-7-8-19-29-20-18-22-9-1-2-12-25(22)21-29)30-26-13-5-3-10-23(26)16-17-24-11-4-6-14-27(24)30;3-1(4)2(5)6/h1-6,9-14H,7-8,15-21H2;(H,3,4)(H,5,6). The first-order valence-corrected chi connectivity index (χ1v) is 12.7. The number of anilines is 2. The summed E-state index contributed by atoms with van der Waals surface area (Å²) in [5.74, 6) is -3.43. The van der Waals surface area contributed by atoms with E-state index in [0.29, 0.717) is 6.42 Å². The minimum absolute atomic E-state index is 0.214. The van der Waals surface area contributed by atoms with Crippen molar-refractivity contribution in [3.05, 3.63) is 95.1 Å². The van der Waals surface area contributed by atoms with Crippen LogP contribution in [0.2, 0.25) is 0 Å². The largest absolute Gasteiger partial charge is 0.473 e. The number of rotatable bonds is 5. The SMILES string of the molecule is O=C(CCCCN1CCc2ccccc2C1)N1c2ccccc2CCc2ccccc21.O=C(O)C(=O)O. The van der Waals surface area contributed by atoms with Crippen molar-refractivity contribution < 1.29 is 24.6 Å². The topological polar surface area (TPSA) is 98.2 Å². The molecule has 0 spiro atoms. The molecule has 3 aromatic carbocycles. The van der Waals surface area contributed by atoms with E-state index >= 15 is 0 Å². The van der Waals surface area contributed by atoms with E-state index < -0.39 is 11.9 Å². The fourth-order valence-electron chi connectivity index (χ4n) is 5.02. The van der Waals surface area contributed by atoms with Crippen molar-refractivity contribution in [2.45, 2.75) is 45.1 Å². The van der Waals surface area contributed by atoms with Crippen LogP contribution in [0.3, 0.4) is 0 Å². The maximum absolute atomic E-state index is 13.4. The second-order valence-corrected chi connectivity index (χ2v) is 9.35.